The molecule has 2 unspecified atom stereocenters. The van der Waals surface area contributed by atoms with Gasteiger partial charge in [0.15, 0.2) is 0 Å². The summed E-state index contributed by atoms with van der Waals surface area (Å²) < 4.78 is 5.44. The molecule has 0 amide bonds. The maximum Gasteiger partial charge on any atom is 0.0478 e. The zero-order valence-corrected chi connectivity index (χ0v) is 10.5. The zero-order chi connectivity index (χ0) is 11.1. The van der Waals surface area contributed by atoms with Gasteiger partial charge in [0.2, 0.25) is 0 Å². The molecule has 1 fully saturated rings. The van der Waals surface area contributed by atoms with Gasteiger partial charge in [-0.1, -0.05) is 6.92 Å². The van der Waals surface area contributed by atoms with Gasteiger partial charge in [-0.05, 0) is 39.8 Å². The summed E-state index contributed by atoms with van der Waals surface area (Å²) in [6.07, 6.45) is 3.54. The molecule has 2 atom stereocenters. The van der Waals surface area contributed by atoms with Gasteiger partial charge in [0.1, 0.15) is 0 Å². The zero-order valence-electron chi connectivity index (χ0n) is 10.5. The number of hydrogen-bond acceptors (Lipinski definition) is 3. The minimum absolute atomic E-state index is 0.691. The third kappa shape index (κ3) is 4.96. The summed E-state index contributed by atoms with van der Waals surface area (Å²) in [5.41, 5.74) is 0. The second-order valence-electron chi connectivity index (χ2n) is 4.64. The number of likely N-dealkylation sites (N-methyl/N-ethyl adjacent to an activating group) is 1. The van der Waals surface area contributed by atoms with E-state index in [1.165, 1.54) is 13.0 Å². The van der Waals surface area contributed by atoms with Crippen LogP contribution in [0.3, 0.4) is 0 Å². The molecule has 1 aliphatic heterocycles. The number of nitrogens with one attached hydrogen (secondary N) is 1. The summed E-state index contributed by atoms with van der Waals surface area (Å²) in [7, 11) is 2.21. The third-order valence-electron chi connectivity index (χ3n) is 3.13. The van der Waals surface area contributed by atoms with Gasteiger partial charge >= 0.3 is 0 Å². The first kappa shape index (κ1) is 12.9. The Kier molecular flexibility index (Phi) is 6.22. The van der Waals surface area contributed by atoms with Crippen LogP contribution in [-0.4, -0.2) is 50.3 Å². The van der Waals surface area contributed by atoms with E-state index in [-0.39, 0.29) is 0 Å². The molecule has 0 saturated carbocycles. The number of nitrogens with zero attached hydrogens (tertiary/aromatic N) is 1. The van der Waals surface area contributed by atoms with Crippen molar-refractivity contribution < 1.29 is 4.74 Å². The first-order valence-electron chi connectivity index (χ1n) is 6.25. The first-order chi connectivity index (χ1) is 7.24. The summed E-state index contributed by atoms with van der Waals surface area (Å²) >= 11 is 0. The van der Waals surface area contributed by atoms with Crippen molar-refractivity contribution in [2.75, 3.05) is 33.4 Å². The van der Waals surface area contributed by atoms with Crippen molar-refractivity contribution in [1.82, 2.24) is 10.2 Å². The van der Waals surface area contributed by atoms with Crippen LogP contribution in [0.4, 0.5) is 0 Å². The number of likely N-dealkylation sites (tertiary alicyclic amines) is 1. The molecule has 0 aromatic heterocycles. The van der Waals surface area contributed by atoms with Gasteiger partial charge in [-0.3, -0.25) is 0 Å². The van der Waals surface area contributed by atoms with Gasteiger partial charge in [-0.15, -0.1) is 0 Å². The fourth-order valence-corrected chi connectivity index (χ4v) is 2.07. The monoisotopic (exact) mass is 214 g/mol. The minimum atomic E-state index is 0.691. The summed E-state index contributed by atoms with van der Waals surface area (Å²) in [5.74, 6) is 0. The highest BCUT2D eigenvalue weighted by molar-refractivity contribution is 4.84. The first-order valence-corrected chi connectivity index (χ1v) is 6.25. The van der Waals surface area contributed by atoms with Crippen molar-refractivity contribution in [3.63, 3.8) is 0 Å². The lowest BCUT2D eigenvalue weighted by molar-refractivity contribution is 0.131. The Hall–Kier alpha value is -0.120. The summed E-state index contributed by atoms with van der Waals surface area (Å²) in [6.45, 7) is 8.54. The summed E-state index contributed by atoms with van der Waals surface area (Å²) in [6, 6.07) is 1.43. The molecule has 1 heterocycles. The van der Waals surface area contributed by atoms with E-state index >= 15 is 0 Å². The van der Waals surface area contributed by atoms with Gasteiger partial charge in [0, 0.05) is 31.8 Å². The van der Waals surface area contributed by atoms with Gasteiger partial charge < -0.3 is 15.0 Å². The Labute approximate surface area is 94.2 Å². The van der Waals surface area contributed by atoms with Crippen LogP contribution >= 0.6 is 0 Å². The lowest BCUT2D eigenvalue weighted by Crippen LogP contribution is -2.32. The standard InChI is InChI=1S/C12H26N2O/c1-4-7-15-8-5-6-13-12-9-11(2)14(3)10-12/h11-13H,4-10H2,1-3H3. The number of ether oxygens (including phenoxy) is 1. The van der Waals surface area contributed by atoms with Crippen LogP contribution in [0.1, 0.15) is 33.1 Å². The smallest absolute Gasteiger partial charge is 0.0478 e. The second kappa shape index (κ2) is 7.20. The van der Waals surface area contributed by atoms with E-state index in [4.69, 9.17) is 4.74 Å². The minimum Gasteiger partial charge on any atom is -0.381 e. The Morgan fingerprint density at radius 3 is 2.80 bits per heavy atom. The molecule has 15 heavy (non-hydrogen) atoms. The molecule has 0 spiro atoms. The van der Waals surface area contributed by atoms with Crippen LogP contribution in [0.5, 0.6) is 0 Å². The van der Waals surface area contributed by atoms with Gasteiger partial charge in [0.25, 0.3) is 0 Å². The van der Waals surface area contributed by atoms with E-state index in [1.807, 2.05) is 0 Å². The van der Waals surface area contributed by atoms with Gasteiger partial charge in [-0.25, -0.2) is 0 Å². The predicted molar refractivity (Wildman–Crippen MR) is 64.2 cm³/mol. The molecule has 1 aliphatic rings. The van der Waals surface area contributed by atoms with Gasteiger partial charge in [0.05, 0.1) is 0 Å². The Balaban J connectivity index is 1.92. The predicted octanol–water partition coefficient (Wildman–Crippen LogP) is 1.49. The van der Waals surface area contributed by atoms with Crippen LogP contribution in [0.2, 0.25) is 0 Å². The van der Waals surface area contributed by atoms with E-state index in [0.29, 0.717) is 6.04 Å². The lowest BCUT2D eigenvalue weighted by atomic mass is 10.2. The highest BCUT2D eigenvalue weighted by Gasteiger charge is 2.24. The van der Waals surface area contributed by atoms with Crippen molar-refractivity contribution in [2.45, 2.75) is 45.2 Å². The van der Waals surface area contributed by atoms with E-state index < -0.39 is 0 Å². The molecule has 0 aromatic carbocycles. The van der Waals surface area contributed by atoms with Crippen LogP contribution < -0.4 is 5.32 Å². The maximum absolute atomic E-state index is 5.44. The van der Waals surface area contributed by atoms with Crippen LogP contribution in [0.15, 0.2) is 0 Å². The molecule has 1 rings (SSSR count). The topological polar surface area (TPSA) is 24.5 Å². The quantitative estimate of drug-likeness (QED) is 0.650. The molecule has 0 aliphatic carbocycles. The van der Waals surface area contributed by atoms with Crippen molar-refractivity contribution >= 4 is 0 Å². The SMILES string of the molecule is CCCOCCCNC1CC(C)N(C)C1. The molecule has 0 aromatic rings. The van der Waals surface area contributed by atoms with Crippen LogP contribution in [0, 0.1) is 0 Å². The molecule has 0 bridgehead atoms. The molecule has 1 saturated heterocycles. The Morgan fingerprint density at radius 2 is 2.20 bits per heavy atom. The Bertz CT molecular complexity index is 154. The van der Waals surface area contributed by atoms with E-state index in [2.05, 4.69) is 31.1 Å². The van der Waals surface area contributed by atoms with E-state index in [1.54, 1.807) is 0 Å². The molecular formula is C12H26N2O. The van der Waals surface area contributed by atoms with Crippen molar-refractivity contribution in [2.24, 2.45) is 0 Å². The molecule has 0 radical (unpaired) electrons. The number of rotatable bonds is 7. The average molecular weight is 214 g/mol. The lowest BCUT2D eigenvalue weighted by Gasteiger charge is -2.13. The molecule has 3 heteroatoms. The summed E-state index contributed by atoms with van der Waals surface area (Å²) in [5, 5.41) is 3.60. The largest absolute Gasteiger partial charge is 0.381 e. The molecule has 90 valence electrons. The highest BCUT2D eigenvalue weighted by atomic mass is 16.5. The third-order valence-corrected chi connectivity index (χ3v) is 3.13. The maximum atomic E-state index is 5.44. The van der Waals surface area contributed by atoms with Crippen LogP contribution in [0.25, 0.3) is 0 Å². The fraction of sp³-hybridized carbons (Fsp3) is 1.00. The second-order valence-corrected chi connectivity index (χ2v) is 4.64. The average Bonchev–Trinajstić information content (AvgIpc) is 2.52. The highest BCUT2D eigenvalue weighted by Crippen LogP contribution is 2.14. The van der Waals surface area contributed by atoms with Gasteiger partial charge in [-0.2, -0.15) is 0 Å². The van der Waals surface area contributed by atoms with Crippen molar-refractivity contribution in [1.29, 1.82) is 0 Å². The van der Waals surface area contributed by atoms with Crippen molar-refractivity contribution in [3.05, 3.63) is 0 Å². The number of hydrogen-bond donors (Lipinski definition) is 1. The normalized spacial score (nSPS) is 27.4. The summed E-state index contributed by atoms with van der Waals surface area (Å²) in [4.78, 5) is 2.42. The Morgan fingerprint density at radius 1 is 1.40 bits per heavy atom. The van der Waals surface area contributed by atoms with Crippen LogP contribution in [-0.2, 0) is 4.74 Å². The molecule has 1 N–H and O–H groups in total. The van der Waals surface area contributed by atoms with Crippen molar-refractivity contribution in [3.8, 4) is 0 Å². The molecular weight excluding hydrogens is 188 g/mol. The fourth-order valence-electron chi connectivity index (χ4n) is 2.07. The van der Waals surface area contributed by atoms with E-state index in [0.717, 1.165) is 38.6 Å². The molecule has 3 nitrogen and oxygen atoms in total. The van der Waals surface area contributed by atoms with E-state index in [9.17, 15) is 0 Å².